The van der Waals surface area contributed by atoms with E-state index in [-0.39, 0.29) is 1.43 Å². The van der Waals surface area contributed by atoms with Crippen molar-refractivity contribution in [3.8, 4) is 0 Å². The maximum Gasteiger partial charge on any atom is 0 e. The summed E-state index contributed by atoms with van der Waals surface area (Å²) < 4.78 is 0. The van der Waals surface area contributed by atoms with Gasteiger partial charge in [0.05, 0.1) is 0 Å². The number of hydrogen-bond acceptors (Lipinski definition) is 0. The van der Waals surface area contributed by atoms with Crippen LogP contribution >= 0.6 is 0 Å². The van der Waals surface area contributed by atoms with Crippen LogP contribution in [-0.2, 0) is 0 Å². The van der Waals surface area contributed by atoms with E-state index in [9.17, 15) is 0 Å². The lowest BCUT2D eigenvalue weighted by Crippen LogP contribution is -1.80. The van der Waals surface area contributed by atoms with Gasteiger partial charge in [-0.1, -0.05) is 108 Å². The fourth-order valence-corrected chi connectivity index (χ4v) is 2.77. The predicted molar refractivity (Wildman–Crippen MR) is 117 cm³/mol. The van der Waals surface area contributed by atoms with Gasteiger partial charge < -0.3 is 0 Å². The van der Waals surface area contributed by atoms with Gasteiger partial charge in [0.1, 0.15) is 0 Å². The van der Waals surface area contributed by atoms with Crippen molar-refractivity contribution in [3.05, 3.63) is 107 Å². The molecule has 0 radical (unpaired) electrons. The van der Waals surface area contributed by atoms with Crippen LogP contribution in [0.1, 0.15) is 48.5 Å². The average molecular weight is 347 g/mol. The summed E-state index contributed by atoms with van der Waals surface area (Å²) in [6.45, 7) is 10.7. The minimum Gasteiger partial charge on any atom is -0.0622 e. The summed E-state index contributed by atoms with van der Waals surface area (Å²) >= 11 is 0. The molecule has 0 nitrogen and oxygen atoms in total. The first-order chi connectivity index (χ1) is 12.5. The molecule has 1 fully saturated rings. The second kappa shape index (κ2) is 9.97. The molecule has 0 N–H and O–H groups in total. The van der Waals surface area contributed by atoms with Crippen molar-refractivity contribution < 1.29 is 1.43 Å². The van der Waals surface area contributed by atoms with Gasteiger partial charge in [-0.25, -0.2) is 0 Å². The number of rotatable bonds is 1. The second-order valence-corrected chi connectivity index (χ2v) is 7.54. The van der Waals surface area contributed by atoms with Gasteiger partial charge in [-0.3, -0.25) is 0 Å². The van der Waals surface area contributed by atoms with E-state index in [0.29, 0.717) is 0 Å². The van der Waals surface area contributed by atoms with Crippen molar-refractivity contribution in [1.82, 2.24) is 0 Å². The summed E-state index contributed by atoms with van der Waals surface area (Å²) in [6.07, 6.45) is 1.39. The Bertz CT molecular complexity index is 737. The normalized spacial score (nSPS) is 17.3. The molecule has 1 aliphatic rings. The smallest absolute Gasteiger partial charge is 0 e. The van der Waals surface area contributed by atoms with Gasteiger partial charge in [0.25, 0.3) is 0 Å². The van der Waals surface area contributed by atoms with Crippen molar-refractivity contribution in [2.24, 2.45) is 5.92 Å². The van der Waals surface area contributed by atoms with Crippen molar-refractivity contribution >= 4 is 0 Å². The number of hydrogen-bond donors (Lipinski definition) is 0. The molecule has 0 heteroatoms. The van der Waals surface area contributed by atoms with Crippen molar-refractivity contribution in [3.63, 3.8) is 0 Å². The lowest BCUT2D eigenvalue weighted by molar-refractivity contribution is 0.914. The van der Waals surface area contributed by atoms with Crippen LogP contribution in [0.15, 0.2) is 78.9 Å². The van der Waals surface area contributed by atoms with E-state index in [2.05, 4.69) is 95.3 Å². The molecule has 0 amide bonds. The van der Waals surface area contributed by atoms with Gasteiger partial charge in [0, 0.05) is 1.43 Å². The summed E-state index contributed by atoms with van der Waals surface area (Å²) in [5.74, 6) is 1.80. The summed E-state index contributed by atoms with van der Waals surface area (Å²) in [4.78, 5) is 0. The molecule has 138 valence electrons. The molecule has 1 saturated carbocycles. The van der Waals surface area contributed by atoms with Crippen LogP contribution in [0.25, 0.3) is 0 Å². The van der Waals surface area contributed by atoms with E-state index in [1.165, 1.54) is 34.2 Å². The first-order valence-corrected chi connectivity index (χ1v) is 9.57. The van der Waals surface area contributed by atoms with Gasteiger partial charge >= 0.3 is 0 Å². The minimum absolute atomic E-state index is 0. The maximum atomic E-state index is 2.32. The molecule has 26 heavy (non-hydrogen) atoms. The third-order valence-electron chi connectivity index (χ3n) is 4.77. The number of aryl methyl sites for hydroxylation is 4. The summed E-state index contributed by atoms with van der Waals surface area (Å²) in [6, 6.07) is 27.7. The molecule has 0 heterocycles. The van der Waals surface area contributed by atoms with Crippen LogP contribution in [0.3, 0.4) is 0 Å². The summed E-state index contributed by atoms with van der Waals surface area (Å²) in [5, 5.41) is 0. The molecule has 1 aliphatic carbocycles. The van der Waals surface area contributed by atoms with Gasteiger partial charge in [-0.15, -0.1) is 0 Å². The zero-order valence-corrected chi connectivity index (χ0v) is 16.9. The topological polar surface area (TPSA) is 0 Å². The fourth-order valence-electron chi connectivity index (χ4n) is 2.77. The molecule has 0 spiro atoms. The van der Waals surface area contributed by atoms with Crippen LogP contribution in [0, 0.1) is 33.6 Å². The lowest BCUT2D eigenvalue weighted by Gasteiger charge is -1.97. The molecule has 3 aromatic carbocycles. The minimum atomic E-state index is 0. The third kappa shape index (κ3) is 7.27. The predicted octanol–water partition coefficient (Wildman–Crippen LogP) is 7.66. The average Bonchev–Trinajstić information content (AvgIpc) is 3.37. The standard InChI is InChI=1S/C11H14.C8H10.C7H8.H2/c1-8-3-5-10(6-4-8)11-7-9(11)2;1-7-3-5-8(2)6-4-7;1-7-5-3-2-4-6-7;/h3-6,9,11H,7H2,1-2H3;3-6H,1-2H3;2-6H,1H3;1H/t9-,11-;;;/m1.../s1. The molecular weight excluding hydrogens is 312 g/mol. The van der Waals surface area contributed by atoms with Crippen LogP contribution < -0.4 is 0 Å². The van der Waals surface area contributed by atoms with E-state index in [1.54, 1.807) is 0 Å². The van der Waals surface area contributed by atoms with Crippen LogP contribution in [0.4, 0.5) is 0 Å². The fraction of sp³-hybridized carbons (Fsp3) is 0.308. The van der Waals surface area contributed by atoms with E-state index in [0.717, 1.165) is 11.8 Å². The molecule has 0 bridgehead atoms. The highest BCUT2D eigenvalue weighted by atomic mass is 14.4. The maximum absolute atomic E-state index is 2.32. The zero-order chi connectivity index (χ0) is 18.9. The highest BCUT2D eigenvalue weighted by Gasteiger charge is 2.33. The molecule has 2 atom stereocenters. The SMILES string of the molecule is Cc1ccc(C)cc1.Cc1ccc([C@@H]2C[C@H]2C)cc1.Cc1ccccc1.[HH]. The van der Waals surface area contributed by atoms with Gasteiger partial charge in [0.15, 0.2) is 0 Å². The quantitative estimate of drug-likeness (QED) is 0.424. The Hall–Kier alpha value is -2.34. The Balaban J connectivity index is 0.000000205. The Kier molecular flexibility index (Phi) is 7.66. The van der Waals surface area contributed by atoms with Gasteiger partial charge in [-0.05, 0) is 51.5 Å². The Morgan fingerprint density at radius 1 is 0.577 bits per heavy atom. The molecule has 4 rings (SSSR count). The van der Waals surface area contributed by atoms with Crippen molar-refractivity contribution in [2.75, 3.05) is 0 Å². The Labute approximate surface area is 161 Å². The van der Waals surface area contributed by atoms with E-state index >= 15 is 0 Å². The highest BCUT2D eigenvalue weighted by Crippen LogP contribution is 2.46. The van der Waals surface area contributed by atoms with Crippen LogP contribution in [0.5, 0.6) is 0 Å². The summed E-state index contributed by atoms with van der Waals surface area (Å²) in [5.41, 5.74) is 6.87. The second-order valence-electron chi connectivity index (χ2n) is 7.54. The highest BCUT2D eigenvalue weighted by molar-refractivity contribution is 5.28. The molecule has 0 unspecified atom stereocenters. The monoisotopic (exact) mass is 346 g/mol. The first-order valence-electron chi connectivity index (χ1n) is 9.57. The molecule has 3 aromatic rings. The van der Waals surface area contributed by atoms with Crippen LogP contribution in [0.2, 0.25) is 0 Å². The number of benzene rings is 3. The lowest BCUT2D eigenvalue weighted by atomic mass is 10.1. The molecule has 0 aliphatic heterocycles. The Morgan fingerprint density at radius 3 is 1.23 bits per heavy atom. The van der Waals surface area contributed by atoms with Gasteiger partial charge in [0.2, 0.25) is 0 Å². The van der Waals surface area contributed by atoms with E-state index in [1.807, 2.05) is 18.2 Å². The molecule has 0 aromatic heterocycles. The molecule has 0 saturated heterocycles. The molecular formula is C26H34. The zero-order valence-electron chi connectivity index (χ0n) is 16.9. The van der Waals surface area contributed by atoms with E-state index < -0.39 is 0 Å². The third-order valence-corrected chi connectivity index (χ3v) is 4.77. The largest absolute Gasteiger partial charge is 0.0622 e. The first kappa shape index (κ1) is 20.0. The van der Waals surface area contributed by atoms with Crippen molar-refractivity contribution in [1.29, 1.82) is 0 Å². The summed E-state index contributed by atoms with van der Waals surface area (Å²) in [7, 11) is 0. The Morgan fingerprint density at radius 2 is 0.923 bits per heavy atom. The van der Waals surface area contributed by atoms with Crippen molar-refractivity contribution in [2.45, 2.75) is 47.0 Å². The van der Waals surface area contributed by atoms with Gasteiger partial charge in [-0.2, -0.15) is 0 Å². The van der Waals surface area contributed by atoms with Crippen LogP contribution in [-0.4, -0.2) is 0 Å². The van der Waals surface area contributed by atoms with E-state index in [4.69, 9.17) is 0 Å².